The molecule has 2 heterocycles. The van der Waals surface area contributed by atoms with Gasteiger partial charge in [0, 0.05) is 54.2 Å². The first-order valence-electron chi connectivity index (χ1n) is 10.9. The van der Waals surface area contributed by atoms with E-state index in [0.717, 1.165) is 5.69 Å². The molecule has 0 amide bonds. The van der Waals surface area contributed by atoms with Gasteiger partial charge < -0.3 is 9.80 Å². The summed E-state index contributed by atoms with van der Waals surface area (Å²) in [6.45, 7) is 4.67. The molecular formula is C27H29N4P. The zero-order chi connectivity index (χ0) is 22.5. The largest absolute Gasteiger partial charge is 0.378 e. The Bertz CT molecular complexity index is 1200. The highest BCUT2D eigenvalue weighted by molar-refractivity contribution is 7.72. The molecule has 0 aromatic heterocycles. The van der Waals surface area contributed by atoms with E-state index in [2.05, 4.69) is 135 Å². The molecule has 32 heavy (non-hydrogen) atoms. The van der Waals surface area contributed by atoms with Crippen LogP contribution in [0.3, 0.4) is 0 Å². The van der Waals surface area contributed by atoms with Crippen LogP contribution in [-0.2, 0) is 5.41 Å². The Balaban J connectivity index is 1.69. The van der Waals surface area contributed by atoms with Crippen molar-refractivity contribution in [2.24, 2.45) is 5.10 Å². The Morgan fingerprint density at radius 3 is 2.16 bits per heavy atom. The Morgan fingerprint density at radius 1 is 0.844 bits per heavy atom. The molecule has 0 radical (unpaired) electrons. The van der Waals surface area contributed by atoms with Gasteiger partial charge in [-0.2, -0.15) is 5.10 Å². The molecule has 0 spiro atoms. The van der Waals surface area contributed by atoms with Gasteiger partial charge >= 0.3 is 0 Å². The number of hydrogen-bond donors (Lipinski definition) is 0. The van der Waals surface area contributed by atoms with E-state index in [9.17, 15) is 0 Å². The molecule has 5 heteroatoms. The molecule has 0 saturated carbocycles. The lowest BCUT2D eigenvalue weighted by Crippen LogP contribution is -2.26. The molecule has 1 atom stereocenters. The summed E-state index contributed by atoms with van der Waals surface area (Å²) >= 11 is 0. The van der Waals surface area contributed by atoms with E-state index in [4.69, 9.17) is 5.10 Å². The van der Waals surface area contributed by atoms with Gasteiger partial charge in [0.1, 0.15) is 0 Å². The molecule has 3 aromatic carbocycles. The number of nitrogens with zero attached hydrogens (tertiary/aromatic N) is 4. The first kappa shape index (κ1) is 20.8. The van der Waals surface area contributed by atoms with Gasteiger partial charge in [0.25, 0.3) is 0 Å². The van der Waals surface area contributed by atoms with Crippen molar-refractivity contribution in [3.05, 3.63) is 95.4 Å². The predicted octanol–water partition coefficient (Wildman–Crippen LogP) is 5.92. The zero-order valence-corrected chi connectivity index (χ0v) is 20.2. The number of allylic oxidation sites excluding steroid dienone is 2. The summed E-state index contributed by atoms with van der Waals surface area (Å²) in [5, 5.41) is 7.56. The fraction of sp³-hybridized carbons (Fsp3) is 0.222. The van der Waals surface area contributed by atoms with Crippen molar-refractivity contribution in [1.29, 1.82) is 0 Å². The molecule has 0 N–H and O–H groups in total. The van der Waals surface area contributed by atoms with Crippen LogP contribution < -0.4 is 19.9 Å². The Morgan fingerprint density at radius 2 is 1.50 bits per heavy atom. The maximum Gasteiger partial charge on any atom is 0.0840 e. The topological polar surface area (TPSA) is 22.1 Å². The molecular weight excluding hydrogens is 411 g/mol. The van der Waals surface area contributed by atoms with E-state index in [-0.39, 0.29) is 5.41 Å². The van der Waals surface area contributed by atoms with Crippen molar-refractivity contribution in [2.75, 3.05) is 35.7 Å². The summed E-state index contributed by atoms with van der Waals surface area (Å²) in [7, 11) is 5.51. The Labute approximate surface area is 192 Å². The van der Waals surface area contributed by atoms with Crippen LogP contribution in [0.25, 0.3) is 0 Å². The van der Waals surface area contributed by atoms with E-state index < -0.39 is 8.07 Å². The van der Waals surface area contributed by atoms with Crippen LogP contribution in [0.4, 0.5) is 17.1 Å². The number of fused-ring (bicyclic) bond motifs is 1. The second kappa shape index (κ2) is 7.79. The van der Waals surface area contributed by atoms with E-state index >= 15 is 0 Å². The van der Waals surface area contributed by atoms with E-state index in [0.29, 0.717) is 0 Å². The first-order valence-corrected chi connectivity index (χ1v) is 12.2. The number of rotatable bonds is 3. The highest BCUT2D eigenvalue weighted by Crippen LogP contribution is 2.59. The molecule has 162 valence electrons. The van der Waals surface area contributed by atoms with E-state index in [1.54, 1.807) is 0 Å². The van der Waals surface area contributed by atoms with Crippen LogP contribution in [0.15, 0.2) is 95.0 Å². The highest BCUT2D eigenvalue weighted by atomic mass is 31.1. The average Bonchev–Trinajstić information content (AvgIpc) is 3.31. The summed E-state index contributed by atoms with van der Waals surface area (Å²) in [5.74, 6) is 0. The minimum absolute atomic E-state index is 0.0937. The van der Waals surface area contributed by atoms with Crippen LogP contribution >= 0.6 is 8.07 Å². The minimum atomic E-state index is -0.843. The van der Waals surface area contributed by atoms with Crippen LogP contribution in [0.2, 0.25) is 0 Å². The number of likely N-dealkylation sites (N-methyl/N-ethyl adjacent to an activating group) is 1. The Hall–Kier alpha value is -3.10. The number of anilines is 3. The lowest BCUT2D eigenvalue weighted by molar-refractivity contribution is 0.640. The van der Waals surface area contributed by atoms with Crippen molar-refractivity contribution < 1.29 is 0 Å². The normalized spacial score (nSPS) is 21.2. The summed E-state index contributed by atoms with van der Waals surface area (Å²) in [5.41, 5.74) is 6.22. The monoisotopic (exact) mass is 440 g/mol. The third kappa shape index (κ3) is 3.22. The molecule has 2 aliphatic heterocycles. The van der Waals surface area contributed by atoms with Gasteiger partial charge in [-0.1, -0.05) is 62.4 Å². The second-order valence-corrected chi connectivity index (χ2v) is 11.0. The molecule has 0 bridgehead atoms. The molecule has 5 rings (SSSR count). The van der Waals surface area contributed by atoms with Gasteiger partial charge in [0.2, 0.25) is 0 Å². The number of hydrazone groups is 1. The molecule has 1 unspecified atom stereocenters. The maximum atomic E-state index is 4.95. The van der Waals surface area contributed by atoms with Crippen molar-refractivity contribution in [3.63, 3.8) is 0 Å². The molecule has 4 nitrogen and oxygen atoms in total. The van der Waals surface area contributed by atoms with Gasteiger partial charge in [-0.3, -0.25) is 0 Å². The van der Waals surface area contributed by atoms with Gasteiger partial charge in [0.05, 0.1) is 20.0 Å². The third-order valence-corrected chi connectivity index (χ3v) is 8.70. The molecule has 0 fully saturated rings. The van der Waals surface area contributed by atoms with Crippen molar-refractivity contribution in [3.8, 4) is 0 Å². The molecule has 0 aliphatic carbocycles. The highest BCUT2D eigenvalue weighted by Gasteiger charge is 2.44. The smallest absolute Gasteiger partial charge is 0.0840 e. The average molecular weight is 441 g/mol. The summed E-state index contributed by atoms with van der Waals surface area (Å²) < 4.78 is 2.22. The number of hydrogen-bond acceptors (Lipinski definition) is 4. The lowest BCUT2D eigenvalue weighted by Gasteiger charge is -2.31. The standard InChI is InChI=1S/C27H29N4P/c1-27(2)23-13-9-10-14-24(23)30(5)26(27)25-19-28-31(21-11-7-6-8-12-21)32(25)22-17-15-20(16-18-22)29(3)4/h6-19H,1-5H3/b26-25-. The van der Waals surface area contributed by atoms with Crippen LogP contribution in [0, 0.1) is 0 Å². The van der Waals surface area contributed by atoms with Gasteiger partial charge in [-0.15, -0.1) is 0 Å². The fourth-order valence-electron chi connectivity index (χ4n) is 4.82. The van der Waals surface area contributed by atoms with Gasteiger partial charge in [0.15, 0.2) is 0 Å². The van der Waals surface area contributed by atoms with Crippen LogP contribution in [0.1, 0.15) is 19.4 Å². The number of benzene rings is 3. The van der Waals surface area contributed by atoms with Crippen molar-refractivity contribution in [1.82, 2.24) is 0 Å². The maximum absolute atomic E-state index is 4.95. The molecule has 2 aliphatic rings. The van der Waals surface area contributed by atoms with Crippen LogP contribution in [0.5, 0.6) is 0 Å². The third-order valence-electron chi connectivity index (χ3n) is 6.41. The van der Waals surface area contributed by atoms with Crippen molar-refractivity contribution in [2.45, 2.75) is 19.3 Å². The SMILES string of the molecule is CN(C)c1ccc(P2/C(=C3\N(C)c4ccccc4C3(C)C)C=NN2c2ccccc2)cc1. The van der Waals surface area contributed by atoms with Crippen LogP contribution in [-0.4, -0.2) is 27.4 Å². The fourth-order valence-corrected chi connectivity index (χ4v) is 7.26. The quantitative estimate of drug-likeness (QED) is 0.472. The second-order valence-electron chi connectivity index (χ2n) is 9.03. The zero-order valence-electron chi connectivity index (χ0n) is 19.3. The summed E-state index contributed by atoms with van der Waals surface area (Å²) in [6, 6.07) is 28.2. The van der Waals surface area contributed by atoms with Gasteiger partial charge in [-0.05, 0) is 35.9 Å². The first-order chi connectivity index (χ1) is 15.4. The lowest BCUT2D eigenvalue weighted by atomic mass is 9.84. The van der Waals surface area contributed by atoms with Gasteiger partial charge in [-0.25, -0.2) is 4.78 Å². The Kier molecular flexibility index (Phi) is 5.06. The molecule has 3 aromatic rings. The predicted molar refractivity (Wildman–Crippen MR) is 140 cm³/mol. The number of para-hydroxylation sites is 2. The summed E-state index contributed by atoms with van der Waals surface area (Å²) in [6.07, 6.45) is 2.10. The van der Waals surface area contributed by atoms with E-state index in [1.807, 2.05) is 0 Å². The van der Waals surface area contributed by atoms with E-state index in [1.165, 1.54) is 33.3 Å². The van der Waals surface area contributed by atoms with Crippen molar-refractivity contribution >= 4 is 36.7 Å². The summed E-state index contributed by atoms with van der Waals surface area (Å²) in [4.78, 5) is 4.51. The molecule has 0 saturated heterocycles. The minimum Gasteiger partial charge on any atom is -0.378 e.